The van der Waals surface area contributed by atoms with Gasteiger partial charge in [0.1, 0.15) is 6.61 Å². The molecule has 0 unspecified atom stereocenters. The normalized spacial score (nSPS) is 13.3. The Morgan fingerprint density at radius 1 is 1.03 bits per heavy atom. The molecule has 1 fully saturated rings. The predicted molar refractivity (Wildman–Crippen MR) is 123 cm³/mol. The summed E-state index contributed by atoms with van der Waals surface area (Å²) in [5.74, 6) is -0.599. The second kappa shape index (κ2) is 9.19. The van der Waals surface area contributed by atoms with Crippen LogP contribution in [0.3, 0.4) is 0 Å². The third kappa shape index (κ3) is 4.81. The van der Waals surface area contributed by atoms with Gasteiger partial charge in [-0.05, 0) is 36.4 Å². The van der Waals surface area contributed by atoms with Gasteiger partial charge in [-0.1, -0.05) is 24.3 Å². The Morgan fingerprint density at radius 3 is 2.53 bits per heavy atom. The predicted octanol–water partition coefficient (Wildman–Crippen LogP) is 3.60. The first kappa shape index (κ1) is 22.7. The van der Waals surface area contributed by atoms with Crippen molar-refractivity contribution < 1.29 is 27.7 Å². The number of non-ortho nitro benzene ring substituents is 1. The van der Waals surface area contributed by atoms with Crippen LogP contribution in [0.25, 0.3) is 0 Å². The van der Waals surface area contributed by atoms with Gasteiger partial charge >= 0.3 is 6.09 Å². The Bertz CT molecular complexity index is 1390. The molecule has 0 saturated carbocycles. The Hall–Kier alpha value is -4.45. The highest BCUT2D eigenvalue weighted by molar-refractivity contribution is 7.92. The first-order chi connectivity index (χ1) is 16.2. The van der Waals surface area contributed by atoms with Gasteiger partial charge in [0.25, 0.3) is 21.6 Å². The van der Waals surface area contributed by atoms with E-state index in [2.05, 4.69) is 10.0 Å². The van der Waals surface area contributed by atoms with Crippen LogP contribution in [0, 0.1) is 10.1 Å². The number of amides is 2. The fourth-order valence-electron chi connectivity index (χ4n) is 3.32. The van der Waals surface area contributed by atoms with Crippen molar-refractivity contribution in [3.05, 3.63) is 88.5 Å². The first-order valence-electron chi connectivity index (χ1n) is 9.96. The number of rotatable bonds is 7. The molecule has 2 N–H and O–H groups in total. The summed E-state index contributed by atoms with van der Waals surface area (Å²) in [5, 5.41) is 13.7. The van der Waals surface area contributed by atoms with Gasteiger partial charge in [-0.3, -0.25) is 24.5 Å². The molecule has 34 heavy (non-hydrogen) atoms. The first-order valence-corrected chi connectivity index (χ1v) is 11.4. The van der Waals surface area contributed by atoms with E-state index in [0.717, 1.165) is 6.07 Å². The summed E-state index contributed by atoms with van der Waals surface area (Å²) in [6.07, 6.45) is -0.482. The van der Waals surface area contributed by atoms with E-state index in [1.807, 2.05) is 0 Å². The van der Waals surface area contributed by atoms with E-state index in [9.17, 15) is 28.1 Å². The van der Waals surface area contributed by atoms with E-state index in [-0.39, 0.29) is 28.4 Å². The molecule has 0 atom stereocenters. The molecule has 11 nitrogen and oxygen atoms in total. The Morgan fingerprint density at radius 2 is 1.79 bits per heavy atom. The molecule has 0 aliphatic carbocycles. The summed E-state index contributed by atoms with van der Waals surface area (Å²) in [5.41, 5.74) is 0.572. The van der Waals surface area contributed by atoms with Crippen molar-refractivity contribution in [2.24, 2.45) is 0 Å². The van der Waals surface area contributed by atoms with Gasteiger partial charge in [-0.2, -0.15) is 0 Å². The molecule has 1 aliphatic rings. The van der Waals surface area contributed by atoms with Crippen molar-refractivity contribution >= 4 is 44.8 Å². The molecule has 12 heteroatoms. The van der Waals surface area contributed by atoms with Gasteiger partial charge in [-0.15, -0.1) is 0 Å². The van der Waals surface area contributed by atoms with Crippen molar-refractivity contribution in [3.63, 3.8) is 0 Å². The Labute approximate surface area is 194 Å². The molecule has 3 aromatic rings. The van der Waals surface area contributed by atoms with Crippen LogP contribution in [0.15, 0.2) is 77.7 Å². The van der Waals surface area contributed by atoms with Gasteiger partial charge in [0.2, 0.25) is 0 Å². The van der Waals surface area contributed by atoms with Crippen molar-refractivity contribution in [1.82, 2.24) is 0 Å². The van der Waals surface area contributed by atoms with Gasteiger partial charge in [0.15, 0.2) is 0 Å². The molecule has 1 heterocycles. The number of sulfonamides is 1. The maximum atomic E-state index is 13.0. The van der Waals surface area contributed by atoms with E-state index >= 15 is 0 Å². The molecule has 3 aromatic carbocycles. The van der Waals surface area contributed by atoms with Crippen LogP contribution >= 0.6 is 0 Å². The van der Waals surface area contributed by atoms with E-state index < -0.39 is 26.9 Å². The number of ether oxygens (including phenoxy) is 1. The van der Waals surface area contributed by atoms with E-state index in [1.54, 1.807) is 36.4 Å². The van der Waals surface area contributed by atoms with Crippen LogP contribution in [-0.2, 0) is 14.8 Å². The van der Waals surface area contributed by atoms with Crippen molar-refractivity contribution in [1.29, 1.82) is 0 Å². The lowest BCUT2D eigenvalue weighted by atomic mass is 10.1. The molecule has 0 aromatic heterocycles. The molecule has 2 amide bonds. The Balaban J connectivity index is 1.57. The van der Waals surface area contributed by atoms with Crippen LogP contribution in [0.1, 0.15) is 10.4 Å². The molecular formula is C22H18N4O7S. The summed E-state index contributed by atoms with van der Waals surface area (Å²) in [4.78, 5) is 36.2. The average molecular weight is 482 g/mol. The summed E-state index contributed by atoms with van der Waals surface area (Å²) in [7, 11) is -4.21. The van der Waals surface area contributed by atoms with Crippen LogP contribution in [0.5, 0.6) is 0 Å². The van der Waals surface area contributed by atoms with Gasteiger partial charge in [0.05, 0.1) is 27.6 Å². The monoisotopic (exact) mass is 482 g/mol. The van der Waals surface area contributed by atoms with Crippen LogP contribution < -0.4 is 14.9 Å². The van der Waals surface area contributed by atoms with Crippen LogP contribution in [0.4, 0.5) is 27.5 Å². The van der Waals surface area contributed by atoms with E-state index in [1.165, 1.54) is 35.2 Å². The number of cyclic esters (lactones) is 1. The second-order valence-electron chi connectivity index (χ2n) is 7.18. The number of carbonyl (C=O) groups is 2. The highest BCUT2D eigenvalue weighted by atomic mass is 32.2. The molecule has 1 aliphatic heterocycles. The van der Waals surface area contributed by atoms with E-state index in [4.69, 9.17) is 4.74 Å². The average Bonchev–Trinajstić information content (AvgIpc) is 3.25. The van der Waals surface area contributed by atoms with Crippen LogP contribution in [0.2, 0.25) is 0 Å². The smallest absolute Gasteiger partial charge is 0.414 e. The minimum Gasteiger partial charge on any atom is -0.447 e. The largest absolute Gasteiger partial charge is 0.447 e. The zero-order chi connectivity index (χ0) is 24.3. The zero-order valence-corrected chi connectivity index (χ0v) is 18.3. The summed E-state index contributed by atoms with van der Waals surface area (Å²) in [6.45, 7) is 0.659. The number of nitro groups is 1. The van der Waals surface area contributed by atoms with Crippen molar-refractivity contribution in [3.8, 4) is 0 Å². The number of hydrogen-bond acceptors (Lipinski definition) is 7. The molecule has 174 valence electrons. The van der Waals surface area contributed by atoms with E-state index in [0.29, 0.717) is 17.9 Å². The SMILES string of the molecule is O=C(Nc1cccc(N2CCOC2=O)c1)c1ccccc1NS(=O)(=O)c1cccc([N+](=O)[O-])c1. The standard InChI is InChI=1S/C22H18N4O7S/c27-21(23-15-5-3-6-16(13-15)25-11-12-33-22(25)28)19-9-1-2-10-20(19)24-34(31,32)18-8-4-7-17(14-18)26(29)30/h1-10,13-14,24H,11-12H2,(H,23,27). The molecular weight excluding hydrogens is 464 g/mol. The number of carbonyl (C=O) groups excluding carboxylic acids is 2. The number of para-hydroxylation sites is 1. The fraction of sp³-hybridized carbons (Fsp3) is 0.0909. The molecule has 0 radical (unpaired) electrons. The second-order valence-corrected chi connectivity index (χ2v) is 8.86. The maximum Gasteiger partial charge on any atom is 0.414 e. The van der Waals surface area contributed by atoms with Crippen LogP contribution in [-0.4, -0.2) is 38.5 Å². The summed E-state index contributed by atoms with van der Waals surface area (Å²) in [6, 6.07) is 17.1. The third-order valence-electron chi connectivity index (χ3n) is 4.93. The lowest BCUT2D eigenvalue weighted by Crippen LogP contribution is -2.23. The van der Waals surface area contributed by atoms with Gasteiger partial charge < -0.3 is 10.1 Å². The lowest BCUT2D eigenvalue weighted by molar-refractivity contribution is -0.385. The summed E-state index contributed by atoms with van der Waals surface area (Å²) >= 11 is 0. The number of hydrogen-bond donors (Lipinski definition) is 2. The number of nitro benzene ring substituents is 1. The molecule has 1 saturated heterocycles. The Kier molecular flexibility index (Phi) is 6.15. The number of nitrogens with one attached hydrogen (secondary N) is 2. The number of anilines is 3. The molecule has 0 bridgehead atoms. The van der Waals surface area contributed by atoms with Gasteiger partial charge in [0, 0.05) is 23.5 Å². The minimum atomic E-state index is -4.21. The lowest BCUT2D eigenvalue weighted by Gasteiger charge is -2.15. The molecule has 4 rings (SSSR count). The van der Waals surface area contributed by atoms with Crippen molar-refractivity contribution in [2.75, 3.05) is 28.1 Å². The molecule has 0 spiro atoms. The highest BCUT2D eigenvalue weighted by Gasteiger charge is 2.24. The minimum absolute atomic E-state index is 0.00854. The summed E-state index contributed by atoms with van der Waals surface area (Å²) < 4.78 is 32.9. The number of benzene rings is 3. The fourth-order valence-corrected chi connectivity index (χ4v) is 4.43. The topological polar surface area (TPSA) is 148 Å². The van der Waals surface area contributed by atoms with Crippen molar-refractivity contribution in [2.45, 2.75) is 4.90 Å². The number of nitrogens with zero attached hydrogens (tertiary/aromatic N) is 2. The third-order valence-corrected chi connectivity index (χ3v) is 6.29. The zero-order valence-electron chi connectivity index (χ0n) is 17.5. The van der Waals surface area contributed by atoms with Gasteiger partial charge in [-0.25, -0.2) is 13.2 Å². The quantitative estimate of drug-likeness (QED) is 0.386. The maximum absolute atomic E-state index is 13.0. The highest BCUT2D eigenvalue weighted by Crippen LogP contribution is 2.26.